The predicted molar refractivity (Wildman–Crippen MR) is 143 cm³/mol. The van der Waals surface area contributed by atoms with E-state index in [1.165, 1.54) is 11.0 Å². The number of piperazine rings is 1. The number of amides is 3. The van der Waals surface area contributed by atoms with Gasteiger partial charge in [0.25, 0.3) is 0 Å². The number of aryl methyl sites for hydroxylation is 1. The van der Waals surface area contributed by atoms with Crippen LogP contribution in [0.4, 0.5) is 4.79 Å². The van der Waals surface area contributed by atoms with Crippen molar-refractivity contribution in [2.75, 3.05) is 19.6 Å². The molecular formula is C27H36N6O6S. The van der Waals surface area contributed by atoms with E-state index >= 15 is 0 Å². The molecule has 4 aliphatic rings. The zero-order chi connectivity index (χ0) is 29.0. The number of rotatable bonds is 6. The molecule has 2 bridgehead atoms. The number of benzene rings is 1. The maximum Gasteiger partial charge on any atom is 0.408 e. The van der Waals surface area contributed by atoms with Gasteiger partial charge in [0.15, 0.2) is 0 Å². The van der Waals surface area contributed by atoms with E-state index in [0.717, 1.165) is 11.1 Å². The van der Waals surface area contributed by atoms with Crippen molar-refractivity contribution in [3.63, 3.8) is 0 Å². The van der Waals surface area contributed by atoms with Gasteiger partial charge in [-0.25, -0.2) is 18.4 Å². The molecule has 3 aliphatic heterocycles. The van der Waals surface area contributed by atoms with Gasteiger partial charge in [-0.15, -0.1) is 0 Å². The lowest BCUT2D eigenvalue weighted by molar-refractivity contribution is -0.141. The molecule has 1 aromatic carbocycles. The molecular weight excluding hydrogens is 536 g/mol. The van der Waals surface area contributed by atoms with Gasteiger partial charge in [-0.1, -0.05) is 6.07 Å². The average molecular weight is 573 g/mol. The molecule has 0 spiro atoms. The van der Waals surface area contributed by atoms with Crippen LogP contribution in [-0.4, -0.2) is 90.4 Å². The van der Waals surface area contributed by atoms with E-state index in [1.807, 2.05) is 9.80 Å². The first-order valence-electron chi connectivity index (χ1n) is 13.7. The van der Waals surface area contributed by atoms with Crippen molar-refractivity contribution in [1.82, 2.24) is 20.0 Å². The topological polar surface area (TPSA) is 166 Å². The van der Waals surface area contributed by atoms with Crippen LogP contribution in [0.2, 0.25) is 0 Å². The van der Waals surface area contributed by atoms with Crippen molar-refractivity contribution in [2.24, 2.45) is 5.14 Å². The third kappa shape index (κ3) is 5.40. The summed E-state index contributed by atoms with van der Waals surface area (Å²) in [5.74, 6) is -0.387. The standard InChI is InChI=1S/C27H36N6O6S/c1-27(2,3)39-26(36)30-21(24(34)32-10-4-5-17(32)13-28)15-31-14-18-12-23(31)25(35)33(18)22-9-6-16-11-19(40(29,37)38)7-8-20(16)22/h7-8,11,17-18,21-23H,4-6,9-10,12,14-15H2,1-3H3,(H,30,36)(H2,29,37,38)/t17-,18?,21-,22?,23-/m0/s1. The second-order valence-electron chi connectivity index (χ2n) is 12.1. The van der Waals surface area contributed by atoms with E-state index in [4.69, 9.17) is 9.88 Å². The van der Waals surface area contributed by atoms with Crippen LogP contribution in [0.25, 0.3) is 0 Å². The summed E-state index contributed by atoms with van der Waals surface area (Å²) in [4.78, 5) is 45.3. The Kier molecular flexibility index (Phi) is 7.31. The number of hydrogen-bond donors (Lipinski definition) is 2. The first-order valence-corrected chi connectivity index (χ1v) is 15.2. The number of ether oxygens (including phenoxy) is 1. The molecule has 5 atom stereocenters. The lowest BCUT2D eigenvalue weighted by atomic mass is 10.1. The number of likely N-dealkylation sites (tertiary alicyclic amines) is 3. The Morgan fingerprint density at radius 1 is 1.25 bits per heavy atom. The highest BCUT2D eigenvalue weighted by atomic mass is 32.2. The number of carbonyl (C=O) groups is 3. The number of primary sulfonamides is 1. The number of carbonyl (C=O) groups excluding carboxylic acids is 3. The molecule has 2 unspecified atom stereocenters. The van der Waals surface area contributed by atoms with E-state index in [2.05, 4.69) is 11.4 Å². The summed E-state index contributed by atoms with van der Waals surface area (Å²) >= 11 is 0. The Labute approximate surface area is 234 Å². The average Bonchev–Trinajstić information content (AvgIpc) is 3.64. The highest BCUT2D eigenvalue weighted by molar-refractivity contribution is 7.89. The molecule has 0 radical (unpaired) electrons. The fraction of sp³-hybridized carbons (Fsp3) is 0.630. The van der Waals surface area contributed by atoms with E-state index in [1.54, 1.807) is 32.9 Å². The van der Waals surface area contributed by atoms with Gasteiger partial charge in [-0.05, 0) is 76.1 Å². The maximum atomic E-state index is 13.6. The molecule has 40 heavy (non-hydrogen) atoms. The zero-order valence-electron chi connectivity index (χ0n) is 23.0. The zero-order valence-corrected chi connectivity index (χ0v) is 23.8. The van der Waals surface area contributed by atoms with Crippen LogP contribution in [-0.2, 0) is 30.8 Å². The molecule has 0 aromatic heterocycles. The summed E-state index contributed by atoms with van der Waals surface area (Å²) in [5.41, 5.74) is 1.07. The normalized spacial score (nSPS) is 27.0. The van der Waals surface area contributed by atoms with Gasteiger partial charge in [0, 0.05) is 25.7 Å². The number of nitriles is 1. The van der Waals surface area contributed by atoms with Crippen molar-refractivity contribution < 1.29 is 27.5 Å². The van der Waals surface area contributed by atoms with Gasteiger partial charge in [0.1, 0.15) is 17.7 Å². The molecule has 13 heteroatoms. The van der Waals surface area contributed by atoms with E-state index in [0.29, 0.717) is 45.2 Å². The minimum Gasteiger partial charge on any atom is -0.444 e. The minimum atomic E-state index is -3.81. The van der Waals surface area contributed by atoms with Crippen molar-refractivity contribution in [3.05, 3.63) is 29.3 Å². The number of nitrogens with one attached hydrogen (secondary N) is 1. The number of hydrogen-bond acceptors (Lipinski definition) is 8. The molecule has 216 valence electrons. The lowest BCUT2D eigenvalue weighted by Gasteiger charge is -2.39. The highest BCUT2D eigenvalue weighted by Gasteiger charge is 2.53. The molecule has 3 saturated heterocycles. The van der Waals surface area contributed by atoms with Gasteiger partial charge in [0.2, 0.25) is 21.8 Å². The SMILES string of the molecule is CC(C)(C)OC(=O)N[C@@H](CN1CC2C[C@H]1C(=O)N2C1CCc2cc(S(N)(=O)=O)ccc21)C(=O)N1CCC[C@H]1C#N. The first kappa shape index (κ1) is 28.3. The van der Waals surface area contributed by atoms with Crippen LogP contribution in [0.1, 0.15) is 63.6 Å². The maximum absolute atomic E-state index is 13.6. The quantitative estimate of drug-likeness (QED) is 0.510. The Morgan fingerprint density at radius 2 is 2.00 bits per heavy atom. The molecule has 12 nitrogen and oxygen atoms in total. The fourth-order valence-corrected chi connectivity index (χ4v) is 7.14. The number of fused-ring (bicyclic) bond motifs is 3. The molecule has 3 heterocycles. The second-order valence-corrected chi connectivity index (χ2v) is 13.6. The summed E-state index contributed by atoms with van der Waals surface area (Å²) in [6.07, 6.45) is 2.54. The highest BCUT2D eigenvalue weighted by Crippen LogP contribution is 2.44. The predicted octanol–water partition coefficient (Wildman–Crippen LogP) is 1.01. The molecule has 1 aliphatic carbocycles. The fourth-order valence-electron chi connectivity index (χ4n) is 6.57. The van der Waals surface area contributed by atoms with Crippen molar-refractivity contribution in [2.45, 2.75) is 93.6 Å². The Balaban J connectivity index is 1.31. The van der Waals surface area contributed by atoms with Gasteiger partial charge in [-0.3, -0.25) is 14.5 Å². The summed E-state index contributed by atoms with van der Waals surface area (Å²) < 4.78 is 29.0. The molecule has 1 aromatic rings. The van der Waals surface area contributed by atoms with Crippen molar-refractivity contribution in [1.29, 1.82) is 5.26 Å². The van der Waals surface area contributed by atoms with E-state index in [-0.39, 0.29) is 35.3 Å². The van der Waals surface area contributed by atoms with Crippen LogP contribution in [0.15, 0.2) is 23.1 Å². The monoisotopic (exact) mass is 572 g/mol. The largest absolute Gasteiger partial charge is 0.444 e. The molecule has 5 rings (SSSR count). The number of alkyl carbamates (subject to hydrolysis) is 1. The van der Waals surface area contributed by atoms with Crippen molar-refractivity contribution in [3.8, 4) is 6.07 Å². The van der Waals surface area contributed by atoms with E-state index < -0.39 is 39.8 Å². The number of nitrogens with two attached hydrogens (primary N) is 1. The minimum absolute atomic E-state index is 0.0378. The van der Waals surface area contributed by atoms with Gasteiger partial charge in [-0.2, -0.15) is 5.26 Å². The van der Waals surface area contributed by atoms with E-state index in [9.17, 15) is 28.1 Å². The summed E-state index contributed by atoms with van der Waals surface area (Å²) in [6, 6.07) is 4.86. The summed E-state index contributed by atoms with van der Waals surface area (Å²) in [6.45, 7) is 6.32. The third-order valence-corrected chi connectivity index (χ3v) is 9.14. The summed E-state index contributed by atoms with van der Waals surface area (Å²) in [7, 11) is -3.81. The molecule has 3 N–H and O–H groups in total. The van der Waals surface area contributed by atoms with Crippen molar-refractivity contribution >= 4 is 27.9 Å². The van der Waals surface area contributed by atoms with Crippen LogP contribution in [0, 0.1) is 11.3 Å². The molecule has 3 fully saturated rings. The lowest BCUT2D eigenvalue weighted by Crippen LogP contribution is -2.59. The van der Waals surface area contributed by atoms with Gasteiger partial charge >= 0.3 is 6.09 Å². The second kappa shape index (κ2) is 10.3. The Hall–Kier alpha value is -3.21. The first-order chi connectivity index (χ1) is 18.8. The summed E-state index contributed by atoms with van der Waals surface area (Å²) in [5, 5.41) is 17.5. The number of nitrogens with zero attached hydrogens (tertiary/aromatic N) is 4. The number of sulfonamides is 1. The van der Waals surface area contributed by atoms with Gasteiger partial charge in [0.05, 0.1) is 23.0 Å². The van der Waals surface area contributed by atoms with Crippen LogP contribution in [0.3, 0.4) is 0 Å². The van der Waals surface area contributed by atoms with Crippen LogP contribution in [0.5, 0.6) is 0 Å². The smallest absolute Gasteiger partial charge is 0.408 e. The Bertz CT molecular complexity index is 1370. The molecule has 3 amide bonds. The van der Waals surface area contributed by atoms with Crippen LogP contribution >= 0.6 is 0 Å². The Morgan fingerprint density at radius 3 is 2.65 bits per heavy atom. The molecule has 0 saturated carbocycles. The third-order valence-electron chi connectivity index (χ3n) is 8.23. The van der Waals surface area contributed by atoms with Gasteiger partial charge < -0.3 is 19.9 Å². The van der Waals surface area contributed by atoms with Crippen LogP contribution < -0.4 is 10.5 Å².